The lowest BCUT2D eigenvalue weighted by Gasteiger charge is -2.27. The molecule has 0 bridgehead atoms. The molecule has 2 heterocycles. The van der Waals surface area contributed by atoms with Crippen molar-refractivity contribution in [3.05, 3.63) is 95.3 Å². The van der Waals surface area contributed by atoms with Gasteiger partial charge in [0.2, 0.25) is 0 Å². The van der Waals surface area contributed by atoms with Crippen molar-refractivity contribution < 1.29 is 22.7 Å². The molecule has 1 aliphatic rings. The third-order valence-corrected chi connectivity index (χ3v) is 7.95. The van der Waals surface area contributed by atoms with E-state index in [1.807, 2.05) is 18.2 Å². The first kappa shape index (κ1) is 30.6. The van der Waals surface area contributed by atoms with E-state index in [1.54, 1.807) is 4.90 Å². The van der Waals surface area contributed by atoms with Gasteiger partial charge in [-0.25, -0.2) is 4.98 Å². The lowest BCUT2D eigenvalue weighted by Crippen LogP contribution is -2.33. The molecule has 5 rings (SSSR count). The molecule has 0 unspecified atom stereocenters. The van der Waals surface area contributed by atoms with Crippen LogP contribution in [0.2, 0.25) is 0 Å². The smallest absolute Gasteiger partial charge is 0.406 e. The first-order valence-electron chi connectivity index (χ1n) is 15.0. The third kappa shape index (κ3) is 8.16. The van der Waals surface area contributed by atoms with Crippen molar-refractivity contribution in [2.24, 2.45) is 5.92 Å². The van der Waals surface area contributed by atoms with E-state index in [2.05, 4.69) is 58.4 Å². The van der Waals surface area contributed by atoms with Gasteiger partial charge in [0, 0.05) is 25.2 Å². The van der Waals surface area contributed by atoms with Crippen molar-refractivity contribution >= 4 is 16.9 Å². The predicted molar refractivity (Wildman–Crippen MR) is 162 cm³/mol. The summed E-state index contributed by atoms with van der Waals surface area (Å²) in [4.78, 5) is 23.0. The maximum atomic E-state index is 13.7. The number of fused-ring (bicyclic) bond motifs is 1. The monoisotopic (exact) mass is 592 g/mol. The van der Waals surface area contributed by atoms with Gasteiger partial charge >= 0.3 is 6.36 Å². The molecule has 0 spiro atoms. The summed E-state index contributed by atoms with van der Waals surface area (Å²) in [5.74, 6) is 0.507. The number of ether oxygens (including phenoxy) is 1. The van der Waals surface area contributed by atoms with Gasteiger partial charge in [-0.05, 0) is 85.8 Å². The number of hydrogen-bond donors (Lipinski definition) is 0. The highest BCUT2D eigenvalue weighted by atomic mass is 19.4. The van der Waals surface area contributed by atoms with E-state index in [9.17, 15) is 18.0 Å². The van der Waals surface area contributed by atoms with Gasteiger partial charge in [0.15, 0.2) is 0 Å². The maximum Gasteiger partial charge on any atom is 0.573 e. The van der Waals surface area contributed by atoms with E-state index in [-0.39, 0.29) is 18.2 Å². The average molecular weight is 593 g/mol. The molecule has 0 aliphatic carbocycles. The number of amides is 1. The number of para-hydroxylation sites is 2. The molecule has 1 saturated heterocycles. The van der Waals surface area contributed by atoms with E-state index in [0.29, 0.717) is 24.6 Å². The van der Waals surface area contributed by atoms with Crippen LogP contribution in [0.3, 0.4) is 0 Å². The topological polar surface area (TPSA) is 50.6 Å². The zero-order valence-corrected chi connectivity index (χ0v) is 24.8. The Labute approximate surface area is 251 Å². The van der Waals surface area contributed by atoms with E-state index < -0.39 is 6.36 Å². The Bertz CT molecular complexity index is 1510. The molecule has 0 saturated carbocycles. The highest BCUT2D eigenvalue weighted by molar-refractivity contribution is 5.94. The molecule has 0 radical (unpaired) electrons. The summed E-state index contributed by atoms with van der Waals surface area (Å²) in [6.07, 6.45) is -0.256. The zero-order valence-electron chi connectivity index (χ0n) is 24.8. The number of halogens is 3. The first-order chi connectivity index (χ1) is 20.7. The van der Waals surface area contributed by atoms with Crippen LogP contribution in [-0.2, 0) is 19.6 Å². The Kier molecular flexibility index (Phi) is 9.70. The van der Waals surface area contributed by atoms with Gasteiger partial charge in [-0.15, -0.1) is 13.2 Å². The van der Waals surface area contributed by atoms with E-state index >= 15 is 0 Å². The molecule has 43 heavy (non-hydrogen) atoms. The number of hydrogen-bond acceptors (Lipinski definition) is 4. The fourth-order valence-corrected chi connectivity index (χ4v) is 5.64. The van der Waals surface area contributed by atoms with Crippen LogP contribution >= 0.6 is 0 Å². The fourth-order valence-electron chi connectivity index (χ4n) is 5.64. The summed E-state index contributed by atoms with van der Waals surface area (Å²) in [5.41, 5.74) is 4.67. The molecule has 6 nitrogen and oxygen atoms in total. The molecule has 0 N–H and O–H groups in total. The summed E-state index contributed by atoms with van der Waals surface area (Å²) in [6, 6.07) is 21.6. The second-order valence-corrected chi connectivity index (χ2v) is 11.7. The molecule has 0 atom stereocenters. The van der Waals surface area contributed by atoms with Gasteiger partial charge in [0.25, 0.3) is 5.91 Å². The molecular weight excluding hydrogens is 553 g/mol. The highest BCUT2D eigenvalue weighted by Crippen LogP contribution is 2.25. The molecule has 4 aromatic rings. The number of carbonyl (C=O) groups is 1. The van der Waals surface area contributed by atoms with Gasteiger partial charge in [-0.2, -0.15) is 0 Å². The average Bonchev–Trinajstić information content (AvgIpc) is 3.32. The summed E-state index contributed by atoms with van der Waals surface area (Å²) >= 11 is 0. The van der Waals surface area contributed by atoms with Crippen molar-refractivity contribution in [2.75, 3.05) is 19.6 Å². The number of benzene rings is 3. The van der Waals surface area contributed by atoms with Gasteiger partial charge < -0.3 is 14.2 Å². The minimum absolute atomic E-state index is 0.261. The highest BCUT2D eigenvalue weighted by Gasteiger charge is 2.31. The second-order valence-electron chi connectivity index (χ2n) is 11.7. The van der Waals surface area contributed by atoms with Crippen LogP contribution in [-0.4, -0.2) is 51.3 Å². The summed E-state index contributed by atoms with van der Waals surface area (Å²) in [7, 11) is 0. The quantitative estimate of drug-likeness (QED) is 0.180. The Morgan fingerprint density at radius 1 is 0.907 bits per heavy atom. The van der Waals surface area contributed by atoms with Crippen molar-refractivity contribution in [1.82, 2.24) is 19.4 Å². The largest absolute Gasteiger partial charge is 0.573 e. The van der Waals surface area contributed by atoms with Gasteiger partial charge in [0.05, 0.1) is 17.6 Å². The summed E-state index contributed by atoms with van der Waals surface area (Å²) < 4.78 is 44.2. The van der Waals surface area contributed by atoms with Crippen molar-refractivity contribution in [3.8, 4) is 5.75 Å². The van der Waals surface area contributed by atoms with Crippen LogP contribution in [0.1, 0.15) is 66.8 Å². The number of likely N-dealkylation sites (tertiary alicyclic amines) is 1. The van der Waals surface area contributed by atoms with Crippen LogP contribution in [0.4, 0.5) is 13.2 Å². The lowest BCUT2D eigenvalue weighted by molar-refractivity contribution is -0.274. The Hall–Kier alpha value is -3.85. The standard InChI is InChI=1S/C34H39F3N4O2/c1-25(2)18-21-40(33(42)26-14-16-29(17-15-26)43-34(35,36)37)24-32-38-30-12-6-7-13-31(30)41(32)23-28-11-5-4-10-27(28)22-39-19-8-3-9-20-39/h4-7,10-17,25H,3,8-9,18-24H2,1-2H3. The minimum atomic E-state index is -4.79. The maximum absolute atomic E-state index is 13.7. The van der Waals surface area contributed by atoms with Crippen LogP contribution < -0.4 is 4.74 Å². The van der Waals surface area contributed by atoms with Crippen LogP contribution in [0.15, 0.2) is 72.8 Å². The van der Waals surface area contributed by atoms with Crippen LogP contribution in [0.5, 0.6) is 5.75 Å². The second kappa shape index (κ2) is 13.6. The van der Waals surface area contributed by atoms with Crippen molar-refractivity contribution in [1.29, 1.82) is 0 Å². The number of alkyl halides is 3. The lowest BCUT2D eigenvalue weighted by atomic mass is 10.0. The van der Waals surface area contributed by atoms with Crippen LogP contribution in [0, 0.1) is 5.92 Å². The number of aromatic nitrogens is 2. The Morgan fingerprint density at radius 3 is 2.23 bits per heavy atom. The number of nitrogens with zero attached hydrogens (tertiary/aromatic N) is 4. The Morgan fingerprint density at radius 2 is 1.56 bits per heavy atom. The molecule has 1 amide bonds. The summed E-state index contributed by atoms with van der Waals surface area (Å²) in [5, 5.41) is 0. The van der Waals surface area contributed by atoms with E-state index in [1.165, 1.54) is 54.7 Å². The van der Waals surface area contributed by atoms with Crippen LogP contribution in [0.25, 0.3) is 11.0 Å². The molecule has 1 aliphatic heterocycles. The minimum Gasteiger partial charge on any atom is -0.406 e. The first-order valence-corrected chi connectivity index (χ1v) is 15.0. The molecule has 1 fully saturated rings. The summed E-state index contributed by atoms with van der Waals surface area (Å²) in [6.45, 7) is 8.72. The number of piperidine rings is 1. The number of carbonyl (C=O) groups excluding carboxylic acids is 1. The Balaban J connectivity index is 1.44. The third-order valence-electron chi connectivity index (χ3n) is 7.95. The van der Waals surface area contributed by atoms with E-state index in [4.69, 9.17) is 4.98 Å². The number of imidazole rings is 1. The molecule has 1 aromatic heterocycles. The van der Waals surface area contributed by atoms with Gasteiger partial charge in [0.1, 0.15) is 11.6 Å². The van der Waals surface area contributed by atoms with Crippen molar-refractivity contribution in [3.63, 3.8) is 0 Å². The van der Waals surface area contributed by atoms with Crippen molar-refractivity contribution in [2.45, 2.75) is 65.5 Å². The van der Waals surface area contributed by atoms with E-state index in [0.717, 1.165) is 42.9 Å². The van der Waals surface area contributed by atoms with Gasteiger partial charge in [-0.1, -0.05) is 56.7 Å². The molecular formula is C34H39F3N4O2. The van der Waals surface area contributed by atoms with Gasteiger partial charge in [-0.3, -0.25) is 9.69 Å². The molecule has 9 heteroatoms. The molecule has 3 aromatic carbocycles. The molecule has 228 valence electrons. The number of rotatable bonds is 11. The zero-order chi connectivity index (χ0) is 30.4. The predicted octanol–water partition coefficient (Wildman–Crippen LogP) is 7.66. The fraction of sp³-hybridized carbons (Fsp3) is 0.412. The SMILES string of the molecule is CC(C)CCN(Cc1nc2ccccc2n1Cc1ccccc1CN1CCCCC1)C(=O)c1ccc(OC(F)(F)F)cc1. The normalized spacial score (nSPS) is 14.4.